The number of fused-ring (bicyclic) bond motifs is 2. The third-order valence-electron chi connectivity index (χ3n) is 5.35. The Bertz CT molecular complexity index is 1170. The number of aromatic nitrogens is 3. The molecule has 5 heteroatoms. The summed E-state index contributed by atoms with van der Waals surface area (Å²) in [6, 6.07) is 10.1. The van der Waals surface area contributed by atoms with E-state index in [9.17, 15) is 4.79 Å². The van der Waals surface area contributed by atoms with Crippen LogP contribution in [0.2, 0.25) is 0 Å². The Labute approximate surface area is 162 Å². The zero-order valence-electron chi connectivity index (χ0n) is 15.4. The quantitative estimate of drug-likeness (QED) is 0.492. The third-order valence-corrected chi connectivity index (χ3v) is 5.35. The van der Waals surface area contributed by atoms with Gasteiger partial charge in [0, 0.05) is 28.4 Å². The summed E-state index contributed by atoms with van der Waals surface area (Å²) < 4.78 is 5.35. The van der Waals surface area contributed by atoms with Gasteiger partial charge in [-0.15, -0.1) is 0 Å². The van der Waals surface area contributed by atoms with Gasteiger partial charge in [0.25, 0.3) is 0 Å². The monoisotopic (exact) mass is 369 g/mol. The van der Waals surface area contributed by atoms with Crippen molar-refractivity contribution < 1.29 is 9.21 Å². The van der Waals surface area contributed by atoms with Crippen LogP contribution in [0.4, 0.5) is 0 Å². The minimum Gasteiger partial charge on any atom is -0.443 e. The van der Waals surface area contributed by atoms with Crippen LogP contribution in [0.15, 0.2) is 59.7 Å². The molecule has 4 aromatic rings. The van der Waals surface area contributed by atoms with E-state index in [-0.39, 0.29) is 12.2 Å². The first-order chi connectivity index (χ1) is 13.8. The highest BCUT2D eigenvalue weighted by molar-refractivity contribution is 5.98. The molecule has 0 unspecified atom stereocenters. The van der Waals surface area contributed by atoms with Crippen LogP contribution in [0.5, 0.6) is 0 Å². The molecular formula is C23H19N3O2. The minimum atomic E-state index is 0.0968. The van der Waals surface area contributed by atoms with Crippen LogP contribution in [0.3, 0.4) is 0 Å². The number of hydrogen-bond donors (Lipinski definition) is 0. The molecule has 1 aliphatic carbocycles. The van der Waals surface area contributed by atoms with E-state index in [1.807, 2.05) is 18.2 Å². The SMILES string of the molecule is O=C(Cc1cc2cc(-c3cnco3)cnc2cn1)c1ccc2c(c1)CCCC2. The van der Waals surface area contributed by atoms with Gasteiger partial charge in [-0.05, 0) is 55.0 Å². The van der Waals surface area contributed by atoms with E-state index in [0.717, 1.165) is 40.6 Å². The Balaban J connectivity index is 1.42. The number of oxazole rings is 1. The van der Waals surface area contributed by atoms with Crippen molar-refractivity contribution in [3.05, 3.63) is 77.7 Å². The Morgan fingerprint density at radius 1 is 0.964 bits per heavy atom. The van der Waals surface area contributed by atoms with Crippen molar-refractivity contribution in [1.29, 1.82) is 0 Å². The number of hydrogen-bond acceptors (Lipinski definition) is 5. The van der Waals surface area contributed by atoms with Crippen molar-refractivity contribution in [2.75, 3.05) is 0 Å². The largest absolute Gasteiger partial charge is 0.443 e. The zero-order valence-corrected chi connectivity index (χ0v) is 15.4. The molecule has 1 aromatic carbocycles. The van der Waals surface area contributed by atoms with Gasteiger partial charge in [-0.25, -0.2) is 4.98 Å². The van der Waals surface area contributed by atoms with Gasteiger partial charge in [0.05, 0.1) is 24.3 Å². The van der Waals surface area contributed by atoms with Crippen LogP contribution in [0, 0.1) is 0 Å². The number of rotatable bonds is 4. The first-order valence-electron chi connectivity index (χ1n) is 9.55. The molecule has 0 atom stereocenters. The average Bonchev–Trinajstić information content (AvgIpc) is 3.28. The molecule has 138 valence electrons. The van der Waals surface area contributed by atoms with Crippen molar-refractivity contribution in [3.63, 3.8) is 0 Å². The third kappa shape index (κ3) is 3.20. The van der Waals surface area contributed by atoms with E-state index < -0.39 is 0 Å². The van der Waals surface area contributed by atoms with Crippen molar-refractivity contribution in [3.8, 4) is 11.3 Å². The highest BCUT2D eigenvalue weighted by Crippen LogP contribution is 2.24. The molecule has 0 bridgehead atoms. The summed E-state index contributed by atoms with van der Waals surface area (Å²) in [6.45, 7) is 0. The summed E-state index contributed by atoms with van der Waals surface area (Å²) in [7, 11) is 0. The molecule has 5 rings (SSSR count). The van der Waals surface area contributed by atoms with Crippen LogP contribution in [0.25, 0.3) is 22.2 Å². The molecule has 0 spiro atoms. The molecule has 0 amide bonds. The molecule has 0 N–H and O–H groups in total. The van der Waals surface area contributed by atoms with E-state index >= 15 is 0 Å². The van der Waals surface area contributed by atoms with Gasteiger partial charge >= 0.3 is 0 Å². The lowest BCUT2D eigenvalue weighted by Crippen LogP contribution is -2.09. The summed E-state index contributed by atoms with van der Waals surface area (Å²) in [5.41, 5.74) is 5.86. The number of aryl methyl sites for hydroxylation is 2. The Kier molecular flexibility index (Phi) is 4.20. The molecule has 1 aliphatic rings. The Morgan fingerprint density at radius 3 is 2.71 bits per heavy atom. The smallest absolute Gasteiger partial charge is 0.181 e. The number of carbonyl (C=O) groups is 1. The highest BCUT2D eigenvalue weighted by Gasteiger charge is 2.14. The highest BCUT2D eigenvalue weighted by atomic mass is 16.3. The predicted molar refractivity (Wildman–Crippen MR) is 106 cm³/mol. The summed E-state index contributed by atoms with van der Waals surface area (Å²) in [6.07, 6.45) is 11.4. The maximum absolute atomic E-state index is 12.8. The second-order valence-electron chi connectivity index (χ2n) is 7.25. The summed E-state index contributed by atoms with van der Waals surface area (Å²) >= 11 is 0. The lowest BCUT2D eigenvalue weighted by molar-refractivity contribution is 0.0992. The summed E-state index contributed by atoms with van der Waals surface area (Å²) in [4.78, 5) is 25.6. The number of carbonyl (C=O) groups excluding carboxylic acids is 1. The van der Waals surface area contributed by atoms with Crippen LogP contribution in [-0.4, -0.2) is 20.7 Å². The van der Waals surface area contributed by atoms with Crippen LogP contribution in [-0.2, 0) is 19.3 Å². The zero-order chi connectivity index (χ0) is 18.9. The normalized spacial score (nSPS) is 13.4. The van der Waals surface area contributed by atoms with Gasteiger partial charge in [0.2, 0.25) is 0 Å². The lowest BCUT2D eigenvalue weighted by atomic mass is 9.89. The molecule has 0 fully saturated rings. The average molecular weight is 369 g/mol. The van der Waals surface area contributed by atoms with Gasteiger partial charge in [0.1, 0.15) is 0 Å². The van der Waals surface area contributed by atoms with E-state index in [0.29, 0.717) is 5.76 Å². The molecule has 0 saturated heterocycles. The first-order valence-corrected chi connectivity index (χ1v) is 9.55. The number of nitrogens with zero attached hydrogens (tertiary/aromatic N) is 3. The molecule has 28 heavy (non-hydrogen) atoms. The van der Waals surface area contributed by atoms with Gasteiger partial charge in [-0.1, -0.05) is 12.1 Å². The summed E-state index contributed by atoms with van der Waals surface area (Å²) in [5.74, 6) is 0.762. The Hall–Kier alpha value is -3.34. The van der Waals surface area contributed by atoms with E-state index in [1.54, 1.807) is 18.6 Å². The molecule has 3 aromatic heterocycles. The van der Waals surface area contributed by atoms with Gasteiger partial charge in [0.15, 0.2) is 17.9 Å². The fraction of sp³-hybridized carbons (Fsp3) is 0.217. The number of benzene rings is 1. The number of Topliss-reactive ketones (excluding diaryl/α,β-unsaturated/α-hetero) is 1. The van der Waals surface area contributed by atoms with Crippen LogP contribution in [0.1, 0.15) is 40.0 Å². The van der Waals surface area contributed by atoms with Crippen molar-refractivity contribution >= 4 is 16.7 Å². The predicted octanol–water partition coefficient (Wildman–Crippen LogP) is 4.59. The molecule has 3 heterocycles. The second kappa shape index (κ2) is 7.00. The van der Waals surface area contributed by atoms with Gasteiger partial charge in [-0.2, -0.15) is 0 Å². The molecule has 0 radical (unpaired) electrons. The number of pyridine rings is 2. The van der Waals surface area contributed by atoms with Crippen LogP contribution < -0.4 is 0 Å². The lowest BCUT2D eigenvalue weighted by Gasteiger charge is -2.16. The second-order valence-corrected chi connectivity index (χ2v) is 7.25. The summed E-state index contributed by atoms with van der Waals surface area (Å²) in [5, 5.41) is 0.928. The Morgan fingerprint density at radius 2 is 1.86 bits per heavy atom. The standard InChI is InChI=1S/C23H19N3O2/c27-22(17-6-5-15-3-1-2-4-16(15)7-17)10-20-9-18-8-19(23-13-24-14-28-23)11-26-21(18)12-25-20/h5-9,11-14H,1-4,10H2. The van der Waals surface area contributed by atoms with Crippen molar-refractivity contribution in [2.45, 2.75) is 32.1 Å². The molecule has 0 saturated carbocycles. The minimum absolute atomic E-state index is 0.0968. The van der Waals surface area contributed by atoms with Gasteiger partial charge in [-0.3, -0.25) is 14.8 Å². The van der Waals surface area contributed by atoms with E-state index in [2.05, 4.69) is 27.1 Å². The molecule has 0 aliphatic heterocycles. The van der Waals surface area contributed by atoms with Crippen molar-refractivity contribution in [2.24, 2.45) is 0 Å². The maximum Gasteiger partial charge on any atom is 0.181 e. The number of ketones is 1. The van der Waals surface area contributed by atoms with E-state index in [4.69, 9.17) is 4.42 Å². The fourth-order valence-corrected chi connectivity index (χ4v) is 3.84. The van der Waals surface area contributed by atoms with Crippen LogP contribution >= 0.6 is 0 Å². The maximum atomic E-state index is 12.8. The van der Waals surface area contributed by atoms with Crippen molar-refractivity contribution in [1.82, 2.24) is 15.0 Å². The molecule has 5 nitrogen and oxygen atoms in total. The topological polar surface area (TPSA) is 68.9 Å². The fourth-order valence-electron chi connectivity index (χ4n) is 3.84. The van der Waals surface area contributed by atoms with Gasteiger partial charge < -0.3 is 4.42 Å². The first kappa shape index (κ1) is 16.8. The van der Waals surface area contributed by atoms with E-state index in [1.165, 1.54) is 30.4 Å². The molecular weight excluding hydrogens is 350 g/mol.